The number of nitrogens with zero attached hydrogens (tertiary/aromatic N) is 2. The lowest BCUT2D eigenvalue weighted by Gasteiger charge is -2.11. The molecule has 2 rings (SSSR count). The highest BCUT2D eigenvalue weighted by Crippen LogP contribution is 2.22. The van der Waals surface area contributed by atoms with Gasteiger partial charge in [0.15, 0.2) is 0 Å². The molecule has 19 heavy (non-hydrogen) atoms. The Morgan fingerprint density at radius 2 is 2.11 bits per heavy atom. The molecule has 0 radical (unpaired) electrons. The first-order valence-corrected chi connectivity index (χ1v) is 7.13. The van der Waals surface area contributed by atoms with Crippen LogP contribution >= 0.6 is 38.5 Å². The summed E-state index contributed by atoms with van der Waals surface area (Å²) >= 11 is 4.84. The third kappa shape index (κ3) is 2.86. The number of benzene rings is 1. The molecule has 0 aliphatic rings. The van der Waals surface area contributed by atoms with E-state index in [1.54, 1.807) is 6.92 Å². The van der Waals surface area contributed by atoms with Gasteiger partial charge in [-0.2, -0.15) is 0 Å². The second kappa shape index (κ2) is 5.66. The van der Waals surface area contributed by atoms with Crippen LogP contribution in [0, 0.1) is 22.1 Å². The third-order valence-electron chi connectivity index (χ3n) is 2.66. The van der Waals surface area contributed by atoms with E-state index in [1.807, 2.05) is 22.6 Å². The van der Waals surface area contributed by atoms with Crippen molar-refractivity contribution in [1.29, 1.82) is 0 Å². The SMILES string of the molecule is Cc1ncc(I)c(=O)n1Cc1c(F)ccc(Br)c1F. The number of halogens is 4. The summed E-state index contributed by atoms with van der Waals surface area (Å²) in [6, 6.07) is 2.45. The molecule has 1 aromatic heterocycles. The third-order valence-corrected chi connectivity index (χ3v) is 4.01. The number of hydrogen-bond acceptors (Lipinski definition) is 2. The average molecular weight is 441 g/mol. The van der Waals surface area contributed by atoms with Gasteiger partial charge < -0.3 is 0 Å². The molecule has 0 aliphatic carbocycles. The molecule has 0 aliphatic heterocycles. The van der Waals surface area contributed by atoms with Crippen molar-refractivity contribution in [3.8, 4) is 0 Å². The monoisotopic (exact) mass is 440 g/mol. The number of aromatic nitrogens is 2. The Balaban J connectivity index is 2.57. The molecule has 0 fully saturated rings. The maximum absolute atomic E-state index is 13.9. The van der Waals surface area contributed by atoms with E-state index in [9.17, 15) is 13.6 Å². The van der Waals surface area contributed by atoms with E-state index in [1.165, 1.54) is 16.8 Å². The number of rotatable bonds is 2. The Hall–Kier alpha value is -0.830. The molecule has 0 spiro atoms. The van der Waals surface area contributed by atoms with Crippen LogP contribution in [0.1, 0.15) is 11.4 Å². The highest BCUT2D eigenvalue weighted by molar-refractivity contribution is 14.1. The molecule has 1 aromatic carbocycles. The summed E-state index contributed by atoms with van der Waals surface area (Å²) in [5.41, 5.74) is -0.477. The van der Waals surface area contributed by atoms with Gasteiger partial charge in [-0.1, -0.05) is 0 Å². The first-order valence-electron chi connectivity index (χ1n) is 5.26. The summed E-state index contributed by atoms with van der Waals surface area (Å²) in [6.45, 7) is 1.43. The Morgan fingerprint density at radius 3 is 2.79 bits per heavy atom. The summed E-state index contributed by atoms with van der Waals surface area (Å²) in [4.78, 5) is 16.0. The molecule has 0 amide bonds. The van der Waals surface area contributed by atoms with Crippen molar-refractivity contribution < 1.29 is 8.78 Å². The second-order valence-corrected chi connectivity index (χ2v) is 5.88. The van der Waals surface area contributed by atoms with Crippen molar-refractivity contribution in [3.63, 3.8) is 0 Å². The maximum Gasteiger partial charge on any atom is 0.267 e. The van der Waals surface area contributed by atoms with Crippen LogP contribution in [0.3, 0.4) is 0 Å². The maximum atomic E-state index is 13.9. The van der Waals surface area contributed by atoms with Crippen molar-refractivity contribution in [1.82, 2.24) is 9.55 Å². The van der Waals surface area contributed by atoms with Crippen LogP contribution in [0.4, 0.5) is 8.78 Å². The fourth-order valence-electron chi connectivity index (χ4n) is 1.61. The predicted octanol–water partition coefficient (Wildman–Crippen LogP) is 3.25. The van der Waals surface area contributed by atoms with Gasteiger partial charge in [0.2, 0.25) is 0 Å². The summed E-state index contributed by atoms with van der Waals surface area (Å²) in [7, 11) is 0. The molecule has 2 aromatic rings. The minimum atomic E-state index is -0.704. The minimum Gasteiger partial charge on any atom is -0.291 e. The fourth-order valence-corrected chi connectivity index (χ4v) is 2.41. The summed E-state index contributed by atoms with van der Waals surface area (Å²) in [5, 5.41) is 0. The smallest absolute Gasteiger partial charge is 0.267 e. The molecule has 0 unspecified atom stereocenters. The van der Waals surface area contributed by atoms with Gasteiger partial charge in [0.05, 0.1) is 14.6 Å². The van der Waals surface area contributed by atoms with Gasteiger partial charge in [0, 0.05) is 11.8 Å². The van der Waals surface area contributed by atoms with Crippen LogP contribution < -0.4 is 5.56 Å². The van der Waals surface area contributed by atoms with Gasteiger partial charge >= 0.3 is 0 Å². The summed E-state index contributed by atoms with van der Waals surface area (Å²) < 4.78 is 29.4. The highest BCUT2D eigenvalue weighted by Gasteiger charge is 2.15. The zero-order chi connectivity index (χ0) is 14.2. The van der Waals surface area contributed by atoms with Crippen LogP contribution in [-0.4, -0.2) is 9.55 Å². The lowest BCUT2D eigenvalue weighted by molar-refractivity contribution is 0.532. The van der Waals surface area contributed by atoms with Gasteiger partial charge in [0.1, 0.15) is 17.5 Å². The van der Waals surface area contributed by atoms with Crippen molar-refractivity contribution in [3.05, 3.63) is 59.7 Å². The van der Waals surface area contributed by atoms with Gasteiger partial charge in [-0.3, -0.25) is 9.36 Å². The lowest BCUT2D eigenvalue weighted by atomic mass is 10.2. The largest absolute Gasteiger partial charge is 0.291 e. The molecule has 0 saturated heterocycles. The highest BCUT2D eigenvalue weighted by atomic mass is 127. The summed E-state index contributed by atoms with van der Waals surface area (Å²) in [6.07, 6.45) is 1.43. The quantitative estimate of drug-likeness (QED) is 0.530. The van der Waals surface area contributed by atoms with Gasteiger partial charge in [-0.15, -0.1) is 0 Å². The lowest BCUT2D eigenvalue weighted by Crippen LogP contribution is -2.26. The minimum absolute atomic E-state index is 0.160. The molecule has 0 atom stereocenters. The summed E-state index contributed by atoms with van der Waals surface area (Å²) in [5.74, 6) is -0.986. The van der Waals surface area contributed by atoms with E-state index < -0.39 is 11.6 Å². The van der Waals surface area contributed by atoms with E-state index in [2.05, 4.69) is 20.9 Å². The van der Waals surface area contributed by atoms with Gasteiger partial charge in [0.25, 0.3) is 5.56 Å². The van der Waals surface area contributed by atoms with Crippen LogP contribution in [0.2, 0.25) is 0 Å². The zero-order valence-corrected chi connectivity index (χ0v) is 13.5. The molecule has 7 heteroatoms. The Bertz CT molecular complexity index is 703. The van der Waals surface area contributed by atoms with Crippen molar-refractivity contribution in [2.75, 3.05) is 0 Å². The molecular formula is C12H8BrF2IN2O. The van der Waals surface area contributed by atoms with Crippen LogP contribution in [0.25, 0.3) is 0 Å². The zero-order valence-electron chi connectivity index (χ0n) is 9.75. The normalized spacial score (nSPS) is 10.8. The van der Waals surface area contributed by atoms with E-state index >= 15 is 0 Å². The molecule has 0 saturated carbocycles. The topological polar surface area (TPSA) is 34.9 Å². The van der Waals surface area contributed by atoms with Gasteiger partial charge in [-0.25, -0.2) is 13.8 Å². The van der Waals surface area contributed by atoms with Crippen LogP contribution in [0.5, 0.6) is 0 Å². The standard InChI is InChI=1S/C12H8BrF2IN2O/c1-6-17-4-10(16)12(19)18(6)5-7-9(14)3-2-8(13)11(7)15/h2-4H,5H2,1H3. The van der Waals surface area contributed by atoms with Gasteiger partial charge in [-0.05, 0) is 57.6 Å². The Kier molecular flexibility index (Phi) is 4.34. The second-order valence-electron chi connectivity index (χ2n) is 3.87. The average Bonchev–Trinajstić information content (AvgIpc) is 2.38. The number of aryl methyl sites for hydroxylation is 1. The van der Waals surface area contributed by atoms with E-state index in [-0.39, 0.29) is 22.1 Å². The van der Waals surface area contributed by atoms with E-state index in [0.717, 1.165) is 6.07 Å². The Morgan fingerprint density at radius 1 is 1.42 bits per heavy atom. The van der Waals surface area contributed by atoms with Crippen molar-refractivity contribution in [2.24, 2.45) is 0 Å². The molecular weight excluding hydrogens is 433 g/mol. The van der Waals surface area contributed by atoms with Crippen molar-refractivity contribution >= 4 is 38.5 Å². The van der Waals surface area contributed by atoms with Crippen molar-refractivity contribution in [2.45, 2.75) is 13.5 Å². The first-order chi connectivity index (χ1) is 8.91. The molecule has 0 bridgehead atoms. The van der Waals surface area contributed by atoms with Crippen LogP contribution in [0.15, 0.2) is 27.6 Å². The number of hydrogen-bond donors (Lipinski definition) is 0. The fraction of sp³-hybridized carbons (Fsp3) is 0.167. The predicted molar refractivity (Wildman–Crippen MR) is 79.1 cm³/mol. The molecule has 0 N–H and O–H groups in total. The van der Waals surface area contributed by atoms with Crippen LogP contribution in [-0.2, 0) is 6.54 Å². The van der Waals surface area contributed by atoms with E-state index in [0.29, 0.717) is 9.39 Å². The molecule has 3 nitrogen and oxygen atoms in total. The first kappa shape index (κ1) is 14.6. The molecule has 100 valence electrons. The molecule has 1 heterocycles. The van der Waals surface area contributed by atoms with E-state index in [4.69, 9.17) is 0 Å². The Labute approximate surface area is 129 Å².